The van der Waals surface area contributed by atoms with Crippen LogP contribution in [0.2, 0.25) is 0 Å². The van der Waals surface area contributed by atoms with Crippen LogP contribution in [0.5, 0.6) is 5.75 Å². The molecule has 27 heavy (non-hydrogen) atoms. The van der Waals surface area contributed by atoms with Crippen LogP contribution in [0.1, 0.15) is 37.3 Å². The molecule has 0 saturated heterocycles. The monoisotopic (exact) mass is 369 g/mol. The molecule has 2 aromatic carbocycles. The zero-order valence-electron chi connectivity index (χ0n) is 15.0. The molecule has 0 amide bonds. The van der Waals surface area contributed by atoms with Crippen molar-refractivity contribution in [2.45, 2.75) is 25.9 Å². The Morgan fingerprint density at radius 2 is 1.81 bits per heavy atom. The van der Waals surface area contributed by atoms with Crippen LogP contribution in [-0.2, 0) is 0 Å². The number of alkyl halides is 2. The molecule has 0 aliphatic carbocycles. The van der Waals surface area contributed by atoms with E-state index in [4.69, 9.17) is 0 Å². The van der Waals surface area contributed by atoms with Crippen molar-refractivity contribution in [3.05, 3.63) is 66.0 Å². The summed E-state index contributed by atoms with van der Waals surface area (Å²) in [6.07, 6.45) is 2.95. The zero-order valence-corrected chi connectivity index (χ0v) is 15.0. The molecule has 0 fully saturated rings. The Balaban J connectivity index is 1.59. The second-order valence-electron chi connectivity index (χ2n) is 6.80. The van der Waals surface area contributed by atoms with E-state index in [2.05, 4.69) is 16.0 Å². The Bertz CT molecular complexity index is 979. The first-order chi connectivity index (χ1) is 13.0. The van der Waals surface area contributed by atoms with Gasteiger partial charge in [-0.15, -0.1) is 0 Å². The third-order valence-corrected chi connectivity index (χ3v) is 5.22. The smallest absolute Gasteiger partial charge is 0.320 e. The molecule has 0 radical (unpaired) electrons. The van der Waals surface area contributed by atoms with E-state index in [0.29, 0.717) is 23.4 Å². The third-order valence-electron chi connectivity index (χ3n) is 5.22. The molecule has 140 valence electrons. The van der Waals surface area contributed by atoms with Gasteiger partial charge in [-0.1, -0.05) is 30.3 Å². The van der Waals surface area contributed by atoms with Gasteiger partial charge in [0.15, 0.2) is 0 Å². The minimum Gasteiger partial charge on any atom is -0.508 e. The Labute approximate surface area is 156 Å². The molecule has 0 spiro atoms. The Morgan fingerprint density at radius 3 is 2.48 bits per heavy atom. The molecule has 1 aliphatic heterocycles. The number of hydrogen-bond acceptors (Lipinski definition) is 3. The lowest BCUT2D eigenvalue weighted by atomic mass is 9.98. The molecule has 0 saturated carbocycles. The fourth-order valence-electron chi connectivity index (χ4n) is 3.70. The Hall–Kier alpha value is -2.73. The summed E-state index contributed by atoms with van der Waals surface area (Å²) < 4.78 is 28.5. The highest BCUT2D eigenvalue weighted by atomic mass is 19.3. The SMILES string of the molecule is C[C@H](c1nc2ccccc2n1C(F)F)N1CC=C(c2ccc(O)cc2)CC1. The minimum absolute atomic E-state index is 0.219. The molecule has 1 N–H and O–H groups in total. The van der Waals surface area contributed by atoms with E-state index in [1.165, 1.54) is 5.57 Å². The third kappa shape index (κ3) is 3.32. The van der Waals surface area contributed by atoms with Crippen molar-refractivity contribution in [3.63, 3.8) is 0 Å². The van der Waals surface area contributed by atoms with Crippen molar-refractivity contribution in [2.75, 3.05) is 13.1 Å². The maximum Gasteiger partial charge on any atom is 0.320 e. The lowest BCUT2D eigenvalue weighted by Gasteiger charge is -2.31. The summed E-state index contributed by atoms with van der Waals surface area (Å²) in [5, 5.41) is 9.43. The van der Waals surface area contributed by atoms with Crippen LogP contribution < -0.4 is 0 Å². The largest absolute Gasteiger partial charge is 0.508 e. The minimum atomic E-state index is -2.62. The predicted molar refractivity (Wildman–Crippen MR) is 102 cm³/mol. The number of aromatic nitrogens is 2. The average Bonchev–Trinajstić information content (AvgIpc) is 3.08. The first kappa shape index (κ1) is 17.7. The van der Waals surface area contributed by atoms with Crippen molar-refractivity contribution in [3.8, 4) is 5.75 Å². The maximum absolute atomic E-state index is 13.7. The summed E-state index contributed by atoms with van der Waals surface area (Å²) >= 11 is 0. The van der Waals surface area contributed by atoms with Gasteiger partial charge in [-0.25, -0.2) is 4.98 Å². The summed E-state index contributed by atoms with van der Waals surface area (Å²) in [4.78, 5) is 6.65. The van der Waals surface area contributed by atoms with Gasteiger partial charge in [0.2, 0.25) is 0 Å². The van der Waals surface area contributed by atoms with Crippen molar-refractivity contribution < 1.29 is 13.9 Å². The summed E-state index contributed by atoms with van der Waals surface area (Å²) in [7, 11) is 0. The number of rotatable bonds is 4. The molecular weight excluding hydrogens is 348 g/mol. The van der Waals surface area contributed by atoms with E-state index in [1.54, 1.807) is 30.3 Å². The molecule has 6 heteroatoms. The van der Waals surface area contributed by atoms with E-state index in [9.17, 15) is 13.9 Å². The van der Waals surface area contributed by atoms with E-state index in [0.717, 1.165) is 23.1 Å². The van der Waals surface area contributed by atoms with Crippen LogP contribution in [0.3, 0.4) is 0 Å². The lowest BCUT2D eigenvalue weighted by molar-refractivity contribution is 0.0652. The summed E-state index contributed by atoms with van der Waals surface area (Å²) in [6.45, 7) is 0.742. The second kappa shape index (κ2) is 7.12. The number of halogens is 2. The van der Waals surface area contributed by atoms with Gasteiger partial charge in [-0.2, -0.15) is 8.78 Å². The van der Waals surface area contributed by atoms with E-state index in [1.807, 2.05) is 25.1 Å². The van der Waals surface area contributed by atoms with Gasteiger partial charge in [-0.05, 0) is 48.7 Å². The first-order valence-corrected chi connectivity index (χ1v) is 9.02. The Morgan fingerprint density at radius 1 is 1.07 bits per heavy atom. The summed E-state index contributed by atoms with van der Waals surface area (Å²) in [6, 6.07) is 14.0. The standard InChI is InChI=1S/C21H21F2N3O/c1-14(20-24-18-4-2-3-5-19(18)26(20)21(22)23)25-12-10-16(11-13-25)15-6-8-17(27)9-7-15/h2-10,14,21,27H,11-13H2,1H3/t14-/m1/s1. The van der Waals surface area contributed by atoms with Gasteiger partial charge in [-0.3, -0.25) is 9.47 Å². The molecule has 1 atom stereocenters. The van der Waals surface area contributed by atoms with Crippen LogP contribution >= 0.6 is 0 Å². The van der Waals surface area contributed by atoms with Crippen LogP contribution in [0.4, 0.5) is 8.78 Å². The van der Waals surface area contributed by atoms with Crippen molar-refractivity contribution in [1.29, 1.82) is 0 Å². The lowest BCUT2D eigenvalue weighted by Crippen LogP contribution is -2.33. The van der Waals surface area contributed by atoms with Gasteiger partial charge in [0.05, 0.1) is 17.1 Å². The zero-order chi connectivity index (χ0) is 19.0. The number of hydrogen-bond donors (Lipinski definition) is 1. The highest BCUT2D eigenvalue weighted by Gasteiger charge is 2.27. The quantitative estimate of drug-likeness (QED) is 0.705. The number of imidazole rings is 1. The molecule has 1 aromatic heterocycles. The highest BCUT2D eigenvalue weighted by molar-refractivity contribution is 5.76. The van der Waals surface area contributed by atoms with Gasteiger partial charge < -0.3 is 5.11 Å². The molecule has 0 bridgehead atoms. The number of benzene rings is 2. The molecule has 0 unspecified atom stereocenters. The van der Waals surface area contributed by atoms with Gasteiger partial charge in [0, 0.05) is 13.1 Å². The normalized spacial score (nSPS) is 16.7. The molecule has 1 aliphatic rings. The van der Waals surface area contributed by atoms with Gasteiger partial charge in [0.1, 0.15) is 11.6 Å². The molecule has 2 heterocycles. The molecule has 3 aromatic rings. The number of para-hydroxylation sites is 2. The van der Waals surface area contributed by atoms with Crippen LogP contribution in [0.25, 0.3) is 16.6 Å². The molecule has 4 rings (SSSR count). The van der Waals surface area contributed by atoms with Gasteiger partial charge >= 0.3 is 6.55 Å². The van der Waals surface area contributed by atoms with Crippen LogP contribution in [0, 0.1) is 0 Å². The fourth-order valence-corrected chi connectivity index (χ4v) is 3.70. The number of phenolic OH excluding ortho intramolecular Hbond substituents is 1. The van der Waals surface area contributed by atoms with Crippen molar-refractivity contribution in [2.24, 2.45) is 0 Å². The average molecular weight is 369 g/mol. The van der Waals surface area contributed by atoms with Crippen molar-refractivity contribution >= 4 is 16.6 Å². The number of fused-ring (bicyclic) bond motifs is 1. The molecule has 4 nitrogen and oxygen atoms in total. The number of aromatic hydroxyl groups is 1. The van der Waals surface area contributed by atoms with Crippen LogP contribution in [-0.4, -0.2) is 32.6 Å². The topological polar surface area (TPSA) is 41.3 Å². The second-order valence-corrected chi connectivity index (χ2v) is 6.80. The first-order valence-electron chi connectivity index (χ1n) is 9.02. The van der Waals surface area contributed by atoms with E-state index < -0.39 is 6.55 Å². The summed E-state index contributed by atoms with van der Waals surface area (Å²) in [5.74, 6) is 0.643. The van der Waals surface area contributed by atoms with Gasteiger partial charge in [0.25, 0.3) is 0 Å². The highest BCUT2D eigenvalue weighted by Crippen LogP contribution is 2.32. The Kier molecular flexibility index (Phi) is 4.66. The van der Waals surface area contributed by atoms with E-state index >= 15 is 0 Å². The molecular formula is C21H21F2N3O. The number of phenols is 1. The van der Waals surface area contributed by atoms with Crippen molar-refractivity contribution in [1.82, 2.24) is 14.5 Å². The fraction of sp³-hybridized carbons (Fsp3) is 0.286. The van der Waals surface area contributed by atoms with Crippen LogP contribution in [0.15, 0.2) is 54.6 Å². The predicted octanol–water partition coefficient (Wildman–Crippen LogP) is 4.99. The summed E-state index contributed by atoms with van der Waals surface area (Å²) in [5.41, 5.74) is 3.35. The van der Waals surface area contributed by atoms with E-state index in [-0.39, 0.29) is 11.8 Å². The number of nitrogens with zero attached hydrogens (tertiary/aromatic N) is 3. The maximum atomic E-state index is 13.7.